The van der Waals surface area contributed by atoms with E-state index in [-0.39, 0.29) is 5.91 Å². The van der Waals surface area contributed by atoms with E-state index >= 15 is 0 Å². The second kappa shape index (κ2) is 6.64. The molecule has 0 saturated carbocycles. The van der Waals surface area contributed by atoms with Gasteiger partial charge in [0.2, 0.25) is 5.91 Å². The quantitative estimate of drug-likeness (QED) is 0.639. The standard InChI is InChI=1S/C15H21N5OS/c1-3-11-6-4-5-7-20(11)13(21)9-22-15-12-8-18-19(2)14(12)16-10-17-15/h8,10-11H,3-7,9H2,1-2H3. The van der Waals surface area contributed by atoms with Crippen LogP contribution >= 0.6 is 11.8 Å². The first-order chi connectivity index (χ1) is 10.7. The lowest BCUT2D eigenvalue weighted by molar-refractivity contribution is -0.132. The number of hydrogen-bond donors (Lipinski definition) is 0. The minimum absolute atomic E-state index is 0.215. The highest BCUT2D eigenvalue weighted by molar-refractivity contribution is 8.00. The summed E-state index contributed by atoms with van der Waals surface area (Å²) < 4.78 is 1.72. The smallest absolute Gasteiger partial charge is 0.233 e. The predicted molar refractivity (Wildman–Crippen MR) is 86.7 cm³/mol. The number of fused-ring (bicyclic) bond motifs is 1. The highest BCUT2D eigenvalue weighted by atomic mass is 32.2. The summed E-state index contributed by atoms with van der Waals surface area (Å²) >= 11 is 1.48. The van der Waals surface area contributed by atoms with E-state index in [0.29, 0.717) is 11.8 Å². The Labute approximate surface area is 134 Å². The molecule has 0 bridgehead atoms. The number of nitrogens with zero attached hydrogens (tertiary/aromatic N) is 5. The molecule has 3 rings (SSSR count). The van der Waals surface area contributed by atoms with E-state index in [9.17, 15) is 4.79 Å². The van der Waals surface area contributed by atoms with Crippen LogP contribution in [0.3, 0.4) is 0 Å². The van der Waals surface area contributed by atoms with Crippen LogP contribution in [0, 0.1) is 0 Å². The fourth-order valence-electron chi connectivity index (χ4n) is 3.02. The number of carbonyl (C=O) groups excluding carboxylic acids is 1. The van der Waals surface area contributed by atoms with Crippen molar-refractivity contribution in [2.75, 3.05) is 12.3 Å². The fourth-order valence-corrected chi connectivity index (χ4v) is 3.87. The van der Waals surface area contributed by atoms with E-state index in [1.807, 2.05) is 7.05 Å². The molecule has 0 aromatic carbocycles. The highest BCUT2D eigenvalue weighted by Crippen LogP contribution is 2.26. The molecule has 22 heavy (non-hydrogen) atoms. The zero-order valence-corrected chi connectivity index (χ0v) is 13.8. The molecular weight excluding hydrogens is 298 g/mol. The molecule has 1 unspecified atom stereocenters. The van der Waals surface area contributed by atoms with Gasteiger partial charge in [0.25, 0.3) is 0 Å². The lowest BCUT2D eigenvalue weighted by atomic mass is 10.0. The van der Waals surface area contributed by atoms with Gasteiger partial charge in [-0.2, -0.15) is 5.10 Å². The zero-order chi connectivity index (χ0) is 15.5. The summed E-state index contributed by atoms with van der Waals surface area (Å²) in [6, 6.07) is 0.408. The predicted octanol–water partition coefficient (Wildman–Crippen LogP) is 2.25. The van der Waals surface area contributed by atoms with Crippen molar-refractivity contribution in [3.63, 3.8) is 0 Å². The van der Waals surface area contributed by atoms with Gasteiger partial charge < -0.3 is 4.90 Å². The van der Waals surface area contributed by atoms with Gasteiger partial charge in [-0.3, -0.25) is 9.48 Å². The fraction of sp³-hybridized carbons (Fsp3) is 0.600. The molecule has 3 heterocycles. The van der Waals surface area contributed by atoms with Crippen LogP contribution in [-0.2, 0) is 11.8 Å². The van der Waals surface area contributed by atoms with Crippen molar-refractivity contribution in [2.45, 2.75) is 43.7 Å². The van der Waals surface area contributed by atoms with E-state index < -0.39 is 0 Å². The topological polar surface area (TPSA) is 63.9 Å². The Bertz CT molecular complexity index is 671. The van der Waals surface area contributed by atoms with E-state index in [2.05, 4.69) is 26.9 Å². The molecule has 2 aromatic heterocycles. The monoisotopic (exact) mass is 319 g/mol. The van der Waals surface area contributed by atoms with Gasteiger partial charge in [0.1, 0.15) is 11.4 Å². The van der Waals surface area contributed by atoms with Gasteiger partial charge in [-0.15, -0.1) is 0 Å². The molecule has 1 aliphatic rings. The number of piperidine rings is 1. The summed E-state index contributed by atoms with van der Waals surface area (Å²) in [5, 5.41) is 5.94. The Morgan fingerprint density at radius 3 is 3.09 bits per heavy atom. The van der Waals surface area contributed by atoms with Crippen LogP contribution in [0.5, 0.6) is 0 Å². The van der Waals surface area contributed by atoms with Crippen molar-refractivity contribution in [3.05, 3.63) is 12.5 Å². The molecule has 1 amide bonds. The van der Waals surface area contributed by atoms with Crippen LogP contribution < -0.4 is 0 Å². The summed E-state index contributed by atoms with van der Waals surface area (Å²) in [7, 11) is 1.86. The number of aromatic nitrogens is 4. The highest BCUT2D eigenvalue weighted by Gasteiger charge is 2.25. The van der Waals surface area contributed by atoms with Gasteiger partial charge in [0.15, 0.2) is 5.65 Å². The van der Waals surface area contributed by atoms with Gasteiger partial charge in [0, 0.05) is 19.6 Å². The van der Waals surface area contributed by atoms with Crippen LogP contribution in [0.2, 0.25) is 0 Å². The van der Waals surface area contributed by atoms with Crippen LogP contribution in [0.4, 0.5) is 0 Å². The van der Waals surface area contributed by atoms with Crippen LogP contribution in [0.15, 0.2) is 17.6 Å². The number of carbonyl (C=O) groups is 1. The maximum atomic E-state index is 12.5. The second-order valence-corrected chi connectivity index (χ2v) is 6.58. The van der Waals surface area contributed by atoms with Crippen molar-refractivity contribution < 1.29 is 4.79 Å². The first-order valence-electron chi connectivity index (χ1n) is 7.75. The number of aryl methyl sites for hydroxylation is 1. The Hall–Kier alpha value is -1.63. The molecule has 1 atom stereocenters. The molecule has 0 aliphatic carbocycles. The first-order valence-corrected chi connectivity index (χ1v) is 8.74. The van der Waals surface area contributed by atoms with E-state index in [0.717, 1.165) is 41.9 Å². The van der Waals surface area contributed by atoms with Crippen molar-refractivity contribution >= 4 is 28.7 Å². The number of hydrogen-bond acceptors (Lipinski definition) is 5. The molecular formula is C15H21N5OS. The SMILES string of the molecule is CCC1CCCCN1C(=O)CSc1ncnc2c1cnn2C. The average Bonchev–Trinajstić information content (AvgIpc) is 2.94. The Morgan fingerprint density at radius 1 is 1.41 bits per heavy atom. The van der Waals surface area contributed by atoms with Gasteiger partial charge in [-0.1, -0.05) is 18.7 Å². The number of thioether (sulfide) groups is 1. The largest absolute Gasteiger partial charge is 0.339 e. The van der Waals surface area contributed by atoms with E-state index in [4.69, 9.17) is 0 Å². The minimum Gasteiger partial charge on any atom is -0.339 e. The number of amides is 1. The molecule has 118 valence electrons. The van der Waals surface area contributed by atoms with Crippen LogP contribution in [-0.4, -0.2) is 48.9 Å². The Balaban J connectivity index is 1.69. The second-order valence-electron chi connectivity index (χ2n) is 5.62. The molecule has 0 radical (unpaired) electrons. The summed E-state index contributed by atoms with van der Waals surface area (Å²) in [5.74, 6) is 0.643. The van der Waals surface area contributed by atoms with Gasteiger partial charge in [-0.05, 0) is 25.7 Å². The van der Waals surface area contributed by atoms with Gasteiger partial charge in [0.05, 0.1) is 17.3 Å². The summed E-state index contributed by atoms with van der Waals surface area (Å²) in [5.41, 5.74) is 0.800. The zero-order valence-electron chi connectivity index (χ0n) is 13.0. The van der Waals surface area contributed by atoms with Crippen molar-refractivity contribution in [1.29, 1.82) is 0 Å². The van der Waals surface area contributed by atoms with Crippen LogP contribution in [0.1, 0.15) is 32.6 Å². The lowest BCUT2D eigenvalue weighted by Crippen LogP contribution is -2.44. The molecule has 0 N–H and O–H groups in total. The summed E-state index contributed by atoms with van der Waals surface area (Å²) in [6.45, 7) is 3.05. The lowest BCUT2D eigenvalue weighted by Gasteiger charge is -2.35. The third-order valence-electron chi connectivity index (χ3n) is 4.24. The number of rotatable bonds is 4. The minimum atomic E-state index is 0.215. The summed E-state index contributed by atoms with van der Waals surface area (Å²) in [4.78, 5) is 23.1. The molecule has 2 aromatic rings. The van der Waals surface area contributed by atoms with Gasteiger partial charge >= 0.3 is 0 Å². The third kappa shape index (κ3) is 2.95. The maximum absolute atomic E-state index is 12.5. The first kappa shape index (κ1) is 15.3. The number of likely N-dealkylation sites (tertiary alicyclic amines) is 1. The Morgan fingerprint density at radius 2 is 2.27 bits per heavy atom. The van der Waals surface area contributed by atoms with E-state index in [1.54, 1.807) is 10.9 Å². The maximum Gasteiger partial charge on any atom is 0.233 e. The Kier molecular flexibility index (Phi) is 4.61. The van der Waals surface area contributed by atoms with Crippen molar-refractivity contribution in [2.24, 2.45) is 7.05 Å². The molecule has 0 spiro atoms. The molecule has 1 fully saturated rings. The average molecular weight is 319 g/mol. The van der Waals surface area contributed by atoms with Crippen molar-refractivity contribution in [1.82, 2.24) is 24.6 Å². The van der Waals surface area contributed by atoms with Crippen molar-refractivity contribution in [3.8, 4) is 0 Å². The molecule has 6 nitrogen and oxygen atoms in total. The van der Waals surface area contributed by atoms with E-state index in [1.165, 1.54) is 24.5 Å². The van der Waals surface area contributed by atoms with Gasteiger partial charge in [-0.25, -0.2) is 9.97 Å². The molecule has 1 aliphatic heterocycles. The normalized spacial score (nSPS) is 18.8. The summed E-state index contributed by atoms with van der Waals surface area (Å²) in [6.07, 6.45) is 7.82. The third-order valence-corrected chi connectivity index (χ3v) is 5.23. The van der Waals surface area contributed by atoms with Crippen LogP contribution in [0.25, 0.3) is 11.0 Å². The molecule has 1 saturated heterocycles. The molecule has 7 heteroatoms.